The lowest BCUT2D eigenvalue weighted by Gasteiger charge is -2.06. The van der Waals surface area contributed by atoms with Gasteiger partial charge in [-0.25, -0.2) is 9.37 Å². The van der Waals surface area contributed by atoms with E-state index < -0.39 is 0 Å². The SMILES string of the molecule is COc1ccc(F)c(Nc2nc(Br)cs2)c1. The highest BCUT2D eigenvalue weighted by molar-refractivity contribution is 9.10. The lowest BCUT2D eigenvalue weighted by Crippen LogP contribution is -1.94. The lowest BCUT2D eigenvalue weighted by atomic mass is 10.3. The van der Waals surface area contributed by atoms with Crippen LogP contribution < -0.4 is 10.1 Å². The van der Waals surface area contributed by atoms with Gasteiger partial charge < -0.3 is 10.1 Å². The number of rotatable bonds is 3. The number of ether oxygens (including phenoxy) is 1. The maximum Gasteiger partial charge on any atom is 0.188 e. The third-order valence-electron chi connectivity index (χ3n) is 1.89. The summed E-state index contributed by atoms with van der Waals surface area (Å²) in [6.45, 7) is 0. The molecule has 0 unspecified atom stereocenters. The molecule has 2 aromatic rings. The molecule has 1 aromatic carbocycles. The van der Waals surface area contributed by atoms with Crippen molar-refractivity contribution in [2.45, 2.75) is 0 Å². The van der Waals surface area contributed by atoms with Crippen molar-refractivity contribution in [3.8, 4) is 5.75 Å². The van der Waals surface area contributed by atoms with E-state index in [1.54, 1.807) is 12.1 Å². The minimum atomic E-state index is -0.341. The monoisotopic (exact) mass is 302 g/mol. The first-order valence-electron chi connectivity index (χ1n) is 4.40. The molecule has 0 aliphatic heterocycles. The van der Waals surface area contributed by atoms with Crippen LogP contribution in [0.3, 0.4) is 0 Å². The van der Waals surface area contributed by atoms with E-state index >= 15 is 0 Å². The molecule has 0 saturated carbocycles. The molecule has 16 heavy (non-hydrogen) atoms. The molecule has 1 N–H and O–H groups in total. The van der Waals surface area contributed by atoms with Gasteiger partial charge in [-0.15, -0.1) is 11.3 Å². The van der Waals surface area contributed by atoms with Gasteiger partial charge in [-0.3, -0.25) is 0 Å². The molecule has 1 aromatic heterocycles. The fourth-order valence-electron chi connectivity index (χ4n) is 1.15. The highest BCUT2D eigenvalue weighted by Crippen LogP contribution is 2.27. The summed E-state index contributed by atoms with van der Waals surface area (Å²) < 4.78 is 19.2. The zero-order chi connectivity index (χ0) is 11.5. The number of hydrogen-bond donors (Lipinski definition) is 1. The largest absolute Gasteiger partial charge is 0.497 e. The minimum absolute atomic E-state index is 0.341. The van der Waals surface area contributed by atoms with Gasteiger partial charge in [-0.2, -0.15) is 0 Å². The highest BCUT2D eigenvalue weighted by atomic mass is 79.9. The van der Waals surface area contributed by atoms with Crippen molar-refractivity contribution < 1.29 is 9.13 Å². The summed E-state index contributed by atoms with van der Waals surface area (Å²) in [5.41, 5.74) is 0.348. The van der Waals surface area contributed by atoms with Gasteiger partial charge in [0, 0.05) is 11.4 Å². The van der Waals surface area contributed by atoms with E-state index in [1.165, 1.54) is 24.5 Å². The summed E-state index contributed by atoms with van der Waals surface area (Å²) in [6.07, 6.45) is 0. The number of nitrogens with one attached hydrogen (secondary N) is 1. The summed E-state index contributed by atoms with van der Waals surface area (Å²) in [4.78, 5) is 4.12. The Kier molecular flexibility index (Phi) is 3.40. The van der Waals surface area contributed by atoms with Crippen LogP contribution in [0.25, 0.3) is 0 Å². The average Bonchev–Trinajstić information content (AvgIpc) is 2.67. The molecule has 0 aliphatic rings. The summed E-state index contributed by atoms with van der Waals surface area (Å²) in [5.74, 6) is 0.256. The molecular formula is C10H8BrFN2OS. The first-order valence-corrected chi connectivity index (χ1v) is 6.08. The quantitative estimate of drug-likeness (QED) is 0.936. The number of aromatic nitrogens is 1. The van der Waals surface area contributed by atoms with E-state index in [9.17, 15) is 4.39 Å². The molecule has 0 atom stereocenters. The zero-order valence-electron chi connectivity index (χ0n) is 8.33. The van der Waals surface area contributed by atoms with Crippen molar-refractivity contribution in [3.63, 3.8) is 0 Å². The van der Waals surface area contributed by atoms with Crippen LogP contribution in [0, 0.1) is 5.82 Å². The van der Waals surface area contributed by atoms with E-state index in [-0.39, 0.29) is 5.82 Å². The number of methoxy groups -OCH3 is 1. The first kappa shape index (κ1) is 11.3. The number of thiazole rings is 1. The van der Waals surface area contributed by atoms with Gasteiger partial charge in [0.15, 0.2) is 5.13 Å². The third-order valence-corrected chi connectivity index (χ3v) is 3.36. The van der Waals surface area contributed by atoms with Crippen molar-refractivity contribution in [2.24, 2.45) is 0 Å². The van der Waals surface area contributed by atoms with Crippen LogP contribution in [-0.2, 0) is 0 Å². The number of anilines is 2. The van der Waals surface area contributed by atoms with E-state index in [1.807, 2.05) is 5.38 Å². The van der Waals surface area contributed by atoms with Crippen molar-refractivity contribution in [1.29, 1.82) is 0 Å². The molecule has 0 spiro atoms. The zero-order valence-corrected chi connectivity index (χ0v) is 10.7. The summed E-state index contributed by atoms with van der Waals surface area (Å²) in [5, 5.41) is 5.33. The molecular weight excluding hydrogens is 295 g/mol. The van der Waals surface area contributed by atoms with Crippen LogP contribution in [0.2, 0.25) is 0 Å². The van der Waals surface area contributed by atoms with Crippen LogP contribution in [-0.4, -0.2) is 12.1 Å². The predicted octanol–water partition coefficient (Wildman–Crippen LogP) is 3.80. The van der Waals surface area contributed by atoms with Crippen LogP contribution >= 0.6 is 27.3 Å². The molecule has 0 saturated heterocycles. The van der Waals surface area contributed by atoms with Crippen molar-refractivity contribution in [2.75, 3.05) is 12.4 Å². The molecule has 0 amide bonds. The van der Waals surface area contributed by atoms with E-state index in [2.05, 4.69) is 26.2 Å². The summed E-state index contributed by atoms with van der Waals surface area (Å²) >= 11 is 4.62. The Morgan fingerprint density at radius 3 is 2.94 bits per heavy atom. The van der Waals surface area contributed by atoms with Crippen LogP contribution in [0.1, 0.15) is 0 Å². The number of hydrogen-bond acceptors (Lipinski definition) is 4. The second-order valence-electron chi connectivity index (χ2n) is 2.95. The smallest absolute Gasteiger partial charge is 0.188 e. The number of halogens is 2. The maximum atomic E-state index is 13.4. The van der Waals surface area contributed by atoms with Crippen LogP contribution in [0.4, 0.5) is 15.2 Å². The van der Waals surface area contributed by atoms with E-state index in [0.29, 0.717) is 16.6 Å². The van der Waals surface area contributed by atoms with Gasteiger partial charge in [0.2, 0.25) is 0 Å². The molecule has 84 valence electrons. The topological polar surface area (TPSA) is 34.1 Å². The average molecular weight is 303 g/mol. The lowest BCUT2D eigenvalue weighted by molar-refractivity contribution is 0.414. The molecule has 6 heteroatoms. The molecule has 3 nitrogen and oxygen atoms in total. The minimum Gasteiger partial charge on any atom is -0.497 e. The Hall–Kier alpha value is -1.14. The maximum absolute atomic E-state index is 13.4. The molecule has 0 fully saturated rings. The van der Waals surface area contributed by atoms with Crippen molar-refractivity contribution >= 4 is 38.1 Å². The second-order valence-corrected chi connectivity index (χ2v) is 4.62. The Morgan fingerprint density at radius 1 is 1.50 bits per heavy atom. The molecule has 0 bridgehead atoms. The summed E-state index contributed by atoms with van der Waals surface area (Å²) in [6, 6.07) is 4.51. The molecule has 0 radical (unpaired) electrons. The molecule has 0 aliphatic carbocycles. The molecule has 2 rings (SSSR count). The first-order chi connectivity index (χ1) is 7.69. The number of benzene rings is 1. The predicted molar refractivity (Wildman–Crippen MR) is 66.0 cm³/mol. The van der Waals surface area contributed by atoms with E-state index in [4.69, 9.17) is 4.74 Å². The Bertz CT molecular complexity index is 503. The normalized spacial score (nSPS) is 10.2. The van der Waals surface area contributed by atoms with Crippen molar-refractivity contribution in [1.82, 2.24) is 4.98 Å². The molecule has 1 heterocycles. The van der Waals surface area contributed by atoms with Crippen molar-refractivity contribution in [3.05, 3.63) is 34.0 Å². The Labute approximate surface area is 104 Å². The Balaban J connectivity index is 2.26. The number of nitrogens with zero attached hydrogens (tertiary/aromatic N) is 1. The second kappa shape index (κ2) is 4.80. The van der Waals surface area contributed by atoms with Gasteiger partial charge in [0.1, 0.15) is 16.2 Å². The Morgan fingerprint density at radius 2 is 2.31 bits per heavy atom. The van der Waals surface area contributed by atoms with Gasteiger partial charge in [0.05, 0.1) is 12.8 Å². The third kappa shape index (κ3) is 2.51. The van der Waals surface area contributed by atoms with Gasteiger partial charge in [0.25, 0.3) is 0 Å². The van der Waals surface area contributed by atoms with Gasteiger partial charge in [-0.05, 0) is 28.1 Å². The van der Waals surface area contributed by atoms with E-state index in [0.717, 1.165) is 4.60 Å². The fraction of sp³-hybridized carbons (Fsp3) is 0.100. The highest BCUT2D eigenvalue weighted by Gasteiger charge is 2.06. The standard InChI is InChI=1S/C10H8BrFN2OS/c1-15-6-2-3-7(12)8(4-6)13-10-14-9(11)5-16-10/h2-5H,1H3,(H,13,14). The van der Waals surface area contributed by atoms with Crippen LogP contribution in [0.15, 0.2) is 28.2 Å². The fourth-order valence-corrected chi connectivity index (χ4v) is 2.31. The van der Waals surface area contributed by atoms with Gasteiger partial charge >= 0.3 is 0 Å². The van der Waals surface area contributed by atoms with Crippen LogP contribution in [0.5, 0.6) is 5.75 Å². The summed E-state index contributed by atoms with van der Waals surface area (Å²) in [7, 11) is 1.54. The van der Waals surface area contributed by atoms with Gasteiger partial charge in [-0.1, -0.05) is 0 Å².